The van der Waals surface area contributed by atoms with Crippen molar-refractivity contribution >= 4 is 28.7 Å². The number of carbonyl (C=O) groups excluding carboxylic acids is 2. The van der Waals surface area contributed by atoms with Crippen LogP contribution in [-0.2, 0) is 19.1 Å². The molecule has 9 nitrogen and oxygen atoms in total. The third-order valence-corrected chi connectivity index (χ3v) is 7.42. The van der Waals surface area contributed by atoms with Crippen molar-refractivity contribution in [3.05, 3.63) is 101 Å². The van der Waals surface area contributed by atoms with Gasteiger partial charge in [0.1, 0.15) is 11.3 Å². The first-order chi connectivity index (χ1) is 21.6. The molecule has 9 heteroatoms. The minimum absolute atomic E-state index is 0.0993. The number of fused-ring (bicyclic) bond motifs is 1. The van der Waals surface area contributed by atoms with Gasteiger partial charge in [0.05, 0.1) is 35.2 Å². The molecule has 1 atom stereocenters. The quantitative estimate of drug-likeness (QED) is 0.205. The van der Waals surface area contributed by atoms with Crippen LogP contribution < -0.4 is 5.32 Å². The van der Waals surface area contributed by atoms with Crippen LogP contribution in [0.1, 0.15) is 58.0 Å². The van der Waals surface area contributed by atoms with Crippen LogP contribution in [-0.4, -0.2) is 44.7 Å². The number of aromatic nitrogens is 4. The van der Waals surface area contributed by atoms with E-state index in [9.17, 15) is 9.59 Å². The number of nitrogens with zero attached hydrogens (tertiary/aromatic N) is 4. The highest BCUT2D eigenvalue weighted by atomic mass is 16.5. The summed E-state index contributed by atoms with van der Waals surface area (Å²) in [6, 6.07) is 13.5. The molecule has 3 aromatic heterocycles. The van der Waals surface area contributed by atoms with Gasteiger partial charge in [-0.2, -0.15) is 0 Å². The molecule has 45 heavy (non-hydrogen) atoms. The molecule has 1 aliphatic heterocycles. The highest BCUT2D eigenvalue weighted by Gasteiger charge is 2.40. The predicted octanol–water partition coefficient (Wildman–Crippen LogP) is 5.92. The SMILES string of the molecule is CCOC(=O)C1=C(c2ccc(-n3c(C)nc4cnccc43)cc2)NC(C)=C(C(=O)OCC#Cc2cccnc2)C1CC(C)(C)C. The van der Waals surface area contributed by atoms with Crippen molar-refractivity contribution in [2.75, 3.05) is 13.2 Å². The van der Waals surface area contributed by atoms with Gasteiger partial charge in [0, 0.05) is 41.5 Å². The number of nitrogens with one attached hydrogen (secondary N) is 1. The Bertz CT molecular complexity index is 1850. The first kappa shape index (κ1) is 31.2. The second-order valence-corrected chi connectivity index (χ2v) is 12.0. The molecule has 0 saturated heterocycles. The maximum atomic E-state index is 13.7. The van der Waals surface area contributed by atoms with Crippen LogP contribution in [0.2, 0.25) is 0 Å². The summed E-state index contributed by atoms with van der Waals surface area (Å²) < 4.78 is 13.3. The first-order valence-electron chi connectivity index (χ1n) is 14.9. The van der Waals surface area contributed by atoms with Gasteiger partial charge in [0.2, 0.25) is 0 Å². The van der Waals surface area contributed by atoms with Gasteiger partial charge in [0.15, 0.2) is 6.61 Å². The number of aryl methyl sites for hydroxylation is 1. The van der Waals surface area contributed by atoms with Crippen molar-refractivity contribution in [2.24, 2.45) is 11.3 Å². The maximum Gasteiger partial charge on any atom is 0.337 e. The number of hydrogen-bond donors (Lipinski definition) is 1. The van der Waals surface area contributed by atoms with E-state index in [4.69, 9.17) is 9.47 Å². The molecule has 0 fully saturated rings. The third kappa shape index (κ3) is 6.96. The largest absolute Gasteiger partial charge is 0.463 e. The van der Waals surface area contributed by atoms with Crippen molar-refractivity contribution in [3.63, 3.8) is 0 Å². The Morgan fingerprint density at radius 3 is 2.38 bits per heavy atom. The summed E-state index contributed by atoms with van der Waals surface area (Å²) in [5, 5.41) is 3.37. The van der Waals surface area contributed by atoms with E-state index in [0.29, 0.717) is 29.0 Å². The molecule has 1 aromatic carbocycles. The molecule has 1 unspecified atom stereocenters. The van der Waals surface area contributed by atoms with Gasteiger partial charge in [-0.05, 0) is 68.5 Å². The minimum Gasteiger partial charge on any atom is -0.463 e. The van der Waals surface area contributed by atoms with Crippen LogP contribution in [0.3, 0.4) is 0 Å². The molecule has 4 heterocycles. The fourth-order valence-corrected chi connectivity index (χ4v) is 5.60. The summed E-state index contributed by atoms with van der Waals surface area (Å²) >= 11 is 0. The summed E-state index contributed by atoms with van der Waals surface area (Å²) in [6.07, 6.45) is 7.32. The van der Waals surface area contributed by atoms with Crippen LogP contribution in [0.5, 0.6) is 0 Å². The van der Waals surface area contributed by atoms with Gasteiger partial charge in [-0.15, -0.1) is 0 Å². The van der Waals surface area contributed by atoms with Gasteiger partial charge >= 0.3 is 11.9 Å². The van der Waals surface area contributed by atoms with E-state index in [-0.39, 0.29) is 18.6 Å². The number of allylic oxidation sites excluding steroid dienone is 1. The minimum atomic E-state index is -0.564. The van der Waals surface area contributed by atoms with Crippen LogP contribution >= 0.6 is 0 Å². The number of dihydropyridines is 1. The standard InChI is InChI=1S/C36H37N5O4/c1-7-44-35(43)32-28(20-36(4,5)6)31(34(42)45-19-9-11-25-10-8-17-37-21-25)23(2)39-33(32)26-12-14-27(15-13-26)41-24(3)40-29-22-38-18-16-30(29)41/h8,10,12-18,21-22,28,39H,7,19-20H2,1-6H3. The molecule has 0 aliphatic carbocycles. The van der Waals surface area contributed by atoms with Gasteiger partial charge in [-0.1, -0.05) is 44.7 Å². The molecule has 0 bridgehead atoms. The molecule has 5 rings (SSSR count). The summed E-state index contributed by atoms with van der Waals surface area (Å²) in [6.45, 7) is 11.9. The monoisotopic (exact) mass is 603 g/mol. The Morgan fingerprint density at radius 1 is 0.956 bits per heavy atom. The van der Waals surface area contributed by atoms with Crippen molar-refractivity contribution in [2.45, 2.75) is 48.0 Å². The smallest absolute Gasteiger partial charge is 0.337 e. The average molecular weight is 604 g/mol. The zero-order valence-corrected chi connectivity index (χ0v) is 26.5. The molecule has 0 amide bonds. The highest BCUT2D eigenvalue weighted by Crippen LogP contribution is 2.41. The van der Waals surface area contributed by atoms with Gasteiger partial charge < -0.3 is 14.8 Å². The van der Waals surface area contributed by atoms with E-state index in [1.807, 2.05) is 50.2 Å². The van der Waals surface area contributed by atoms with Crippen molar-refractivity contribution in [1.82, 2.24) is 24.8 Å². The lowest BCUT2D eigenvalue weighted by Gasteiger charge is -2.34. The second kappa shape index (κ2) is 13.2. The Kier molecular flexibility index (Phi) is 9.14. The number of rotatable bonds is 7. The van der Waals surface area contributed by atoms with E-state index in [1.165, 1.54) is 0 Å². The second-order valence-electron chi connectivity index (χ2n) is 12.0. The summed E-state index contributed by atoms with van der Waals surface area (Å²) in [5.41, 5.74) is 6.00. The Labute approximate surface area is 263 Å². The number of carbonyl (C=O) groups is 2. The van der Waals surface area contributed by atoms with Crippen LogP contribution in [0, 0.1) is 30.1 Å². The molecule has 1 N–H and O–H groups in total. The Morgan fingerprint density at radius 2 is 1.69 bits per heavy atom. The zero-order chi connectivity index (χ0) is 32.1. The third-order valence-electron chi connectivity index (χ3n) is 7.42. The fourth-order valence-electron chi connectivity index (χ4n) is 5.60. The molecule has 4 aromatic rings. The van der Waals surface area contributed by atoms with Gasteiger partial charge in [-0.3, -0.25) is 14.5 Å². The van der Waals surface area contributed by atoms with E-state index in [1.54, 1.807) is 37.8 Å². The number of benzene rings is 1. The van der Waals surface area contributed by atoms with Gasteiger partial charge in [-0.25, -0.2) is 14.6 Å². The molecule has 0 spiro atoms. The summed E-state index contributed by atoms with van der Waals surface area (Å²) in [4.78, 5) is 40.2. The van der Waals surface area contributed by atoms with Crippen LogP contribution in [0.15, 0.2) is 84.1 Å². The Balaban J connectivity index is 1.52. The number of ether oxygens (including phenoxy) is 2. The maximum absolute atomic E-state index is 13.7. The fraction of sp³-hybridized carbons (Fsp3) is 0.306. The number of imidazole rings is 1. The number of hydrogen-bond acceptors (Lipinski definition) is 8. The lowest BCUT2D eigenvalue weighted by atomic mass is 9.74. The van der Waals surface area contributed by atoms with Crippen molar-refractivity contribution in [1.29, 1.82) is 0 Å². The highest BCUT2D eigenvalue weighted by molar-refractivity contribution is 6.03. The number of pyridine rings is 2. The summed E-state index contributed by atoms with van der Waals surface area (Å²) in [5.74, 6) is 5.10. The van der Waals surface area contributed by atoms with Gasteiger partial charge in [0.25, 0.3) is 0 Å². The van der Waals surface area contributed by atoms with Crippen LogP contribution in [0.25, 0.3) is 22.4 Å². The predicted molar refractivity (Wildman–Crippen MR) is 173 cm³/mol. The molecular formula is C36H37N5O4. The van der Waals surface area contributed by atoms with Crippen molar-refractivity contribution < 1.29 is 19.1 Å². The molecule has 0 saturated carbocycles. The zero-order valence-electron chi connectivity index (χ0n) is 26.5. The van der Waals surface area contributed by atoms with E-state index in [2.05, 4.69) is 57.4 Å². The first-order valence-corrected chi connectivity index (χ1v) is 14.9. The van der Waals surface area contributed by atoms with E-state index < -0.39 is 17.9 Å². The molecule has 230 valence electrons. The molecular weight excluding hydrogens is 566 g/mol. The van der Waals surface area contributed by atoms with E-state index in [0.717, 1.165) is 33.7 Å². The molecule has 1 aliphatic rings. The topological polar surface area (TPSA) is 108 Å². The molecule has 0 radical (unpaired) electrons. The normalized spacial score (nSPS) is 14.9. The van der Waals surface area contributed by atoms with E-state index >= 15 is 0 Å². The summed E-state index contributed by atoms with van der Waals surface area (Å²) in [7, 11) is 0. The van der Waals surface area contributed by atoms with Crippen molar-refractivity contribution in [3.8, 4) is 17.5 Å². The number of esters is 2. The van der Waals surface area contributed by atoms with Crippen LogP contribution in [0.4, 0.5) is 0 Å². The average Bonchev–Trinajstić information content (AvgIpc) is 3.34. The lowest BCUT2D eigenvalue weighted by molar-refractivity contribution is -0.139. The Hall–Kier alpha value is -5.23. The lowest BCUT2D eigenvalue weighted by Crippen LogP contribution is -2.35.